The molecule has 5 rings (SSSR count). The number of carbonyl (C=O) groups excluding carboxylic acids is 1. The predicted molar refractivity (Wildman–Crippen MR) is 118 cm³/mol. The zero-order chi connectivity index (χ0) is 21.4. The number of carbonyl (C=O) groups is 1. The standard InChI is InChI=1S/C26H27FN2O2/c1-31-17-20-5-4-16-29(20)24(30)12-14-26(18-8-10-19(27)11-9-18)22-7-3-2-6-21(22)25-23(26)13-15-28-25/h2-3,6-11,13,15,20,28H,4-5,12,14,16-17H2,1H3. The normalized spacial score (nSPS) is 21.9. The van der Waals surface area contributed by atoms with Gasteiger partial charge in [0.05, 0.1) is 18.3 Å². The number of hydrogen-bond acceptors (Lipinski definition) is 2. The van der Waals surface area contributed by atoms with Gasteiger partial charge in [-0.15, -0.1) is 0 Å². The van der Waals surface area contributed by atoms with Gasteiger partial charge in [0.2, 0.25) is 5.91 Å². The fourth-order valence-corrected chi connectivity index (χ4v) is 5.59. The van der Waals surface area contributed by atoms with Crippen LogP contribution < -0.4 is 0 Å². The maximum absolute atomic E-state index is 13.8. The molecule has 0 radical (unpaired) electrons. The summed E-state index contributed by atoms with van der Waals surface area (Å²) in [5.41, 5.74) is 5.10. The zero-order valence-corrected chi connectivity index (χ0v) is 17.7. The Hall–Kier alpha value is -2.92. The second-order valence-corrected chi connectivity index (χ2v) is 8.56. The number of likely N-dealkylation sites (tertiary alicyclic amines) is 1. The third-order valence-electron chi connectivity index (χ3n) is 6.97. The monoisotopic (exact) mass is 418 g/mol. The molecule has 1 aromatic heterocycles. The summed E-state index contributed by atoms with van der Waals surface area (Å²) >= 11 is 0. The van der Waals surface area contributed by atoms with Crippen LogP contribution in [0.25, 0.3) is 11.3 Å². The lowest BCUT2D eigenvalue weighted by Gasteiger charge is -2.33. The summed E-state index contributed by atoms with van der Waals surface area (Å²) in [5, 5.41) is 0. The third kappa shape index (κ3) is 3.19. The number of benzene rings is 2. The molecular weight excluding hydrogens is 391 g/mol. The van der Waals surface area contributed by atoms with Crippen LogP contribution in [0.3, 0.4) is 0 Å². The van der Waals surface area contributed by atoms with Gasteiger partial charge in [0.1, 0.15) is 5.82 Å². The lowest BCUT2D eigenvalue weighted by molar-refractivity contribution is -0.133. The molecule has 1 N–H and O–H groups in total. The van der Waals surface area contributed by atoms with Crippen molar-refractivity contribution in [2.24, 2.45) is 0 Å². The molecule has 2 unspecified atom stereocenters. The van der Waals surface area contributed by atoms with E-state index in [1.165, 1.54) is 17.7 Å². The van der Waals surface area contributed by atoms with Crippen LogP contribution >= 0.6 is 0 Å². The van der Waals surface area contributed by atoms with Crippen LogP contribution in [-0.4, -0.2) is 42.1 Å². The maximum Gasteiger partial charge on any atom is 0.222 e. The smallest absolute Gasteiger partial charge is 0.222 e. The fraction of sp³-hybridized carbons (Fsp3) is 0.346. The molecule has 5 heteroatoms. The van der Waals surface area contributed by atoms with E-state index in [2.05, 4.69) is 23.2 Å². The topological polar surface area (TPSA) is 45.3 Å². The molecule has 160 valence electrons. The van der Waals surface area contributed by atoms with Gasteiger partial charge in [-0.2, -0.15) is 0 Å². The highest BCUT2D eigenvalue weighted by atomic mass is 19.1. The highest BCUT2D eigenvalue weighted by Gasteiger charge is 2.45. The summed E-state index contributed by atoms with van der Waals surface area (Å²) in [4.78, 5) is 18.7. The predicted octanol–water partition coefficient (Wildman–Crippen LogP) is 4.89. The Kier molecular flexibility index (Phi) is 5.14. The molecule has 2 aliphatic rings. The number of aromatic nitrogens is 1. The van der Waals surface area contributed by atoms with Gasteiger partial charge in [-0.05, 0) is 54.2 Å². The number of methoxy groups -OCH3 is 1. The van der Waals surface area contributed by atoms with E-state index in [0.29, 0.717) is 19.4 Å². The first-order valence-corrected chi connectivity index (χ1v) is 11.0. The average Bonchev–Trinajstić information content (AvgIpc) is 3.50. The molecule has 4 nitrogen and oxygen atoms in total. The number of nitrogens with zero attached hydrogens (tertiary/aromatic N) is 1. The van der Waals surface area contributed by atoms with E-state index in [0.717, 1.165) is 41.8 Å². The number of rotatable bonds is 6. The van der Waals surface area contributed by atoms with E-state index < -0.39 is 5.41 Å². The number of nitrogens with one attached hydrogen (secondary N) is 1. The molecular formula is C26H27FN2O2. The van der Waals surface area contributed by atoms with Gasteiger partial charge in [-0.25, -0.2) is 4.39 Å². The third-order valence-corrected chi connectivity index (χ3v) is 6.97. The summed E-state index contributed by atoms with van der Waals surface area (Å²) in [6.07, 6.45) is 5.03. The molecule has 31 heavy (non-hydrogen) atoms. The molecule has 1 saturated heterocycles. The Bertz CT molecular complexity index is 1090. The van der Waals surface area contributed by atoms with Crippen LogP contribution in [0.2, 0.25) is 0 Å². The van der Waals surface area contributed by atoms with Gasteiger partial charge >= 0.3 is 0 Å². The molecule has 1 aliphatic heterocycles. The summed E-state index contributed by atoms with van der Waals surface area (Å²) in [6.45, 7) is 1.38. The Morgan fingerprint density at radius 3 is 2.77 bits per heavy atom. The maximum atomic E-state index is 13.8. The molecule has 2 atom stereocenters. The second-order valence-electron chi connectivity index (χ2n) is 8.56. The number of ether oxygens (including phenoxy) is 1. The van der Waals surface area contributed by atoms with Gasteiger partial charge in [-0.1, -0.05) is 36.4 Å². The van der Waals surface area contributed by atoms with Gasteiger partial charge in [-0.3, -0.25) is 4.79 Å². The zero-order valence-electron chi connectivity index (χ0n) is 17.7. The molecule has 2 heterocycles. The van der Waals surface area contributed by atoms with Crippen LogP contribution in [0, 0.1) is 5.82 Å². The number of amides is 1. The van der Waals surface area contributed by atoms with Crippen LogP contribution in [0.5, 0.6) is 0 Å². The number of halogens is 1. The largest absolute Gasteiger partial charge is 0.383 e. The Balaban J connectivity index is 1.54. The highest BCUT2D eigenvalue weighted by Crippen LogP contribution is 2.54. The van der Waals surface area contributed by atoms with Crippen LogP contribution in [0.15, 0.2) is 60.8 Å². The highest BCUT2D eigenvalue weighted by molar-refractivity contribution is 5.83. The van der Waals surface area contributed by atoms with Crippen molar-refractivity contribution in [2.75, 3.05) is 20.3 Å². The Labute approximate surface area is 182 Å². The molecule has 0 spiro atoms. The van der Waals surface area contributed by atoms with E-state index in [1.807, 2.05) is 35.4 Å². The number of hydrogen-bond donors (Lipinski definition) is 1. The lowest BCUT2D eigenvalue weighted by atomic mass is 9.70. The summed E-state index contributed by atoms with van der Waals surface area (Å²) in [5.74, 6) is -0.0856. The first-order valence-electron chi connectivity index (χ1n) is 11.0. The minimum atomic E-state index is -0.480. The Morgan fingerprint density at radius 2 is 1.97 bits per heavy atom. The molecule has 1 aliphatic carbocycles. The van der Waals surface area contributed by atoms with Gasteiger partial charge in [0.25, 0.3) is 0 Å². The van der Waals surface area contributed by atoms with E-state index in [4.69, 9.17) is 4.74 Å². The van der Waals surface area contributed by atoms with E-state index in [9.17, 15) is 9.18 Å². The van der Waals surface area contributed by atoms with Crippen LogP contribution in [-0.2, 0) is 14.9 Å². The molecule has 3 aromatic rings. The first-order chi connectivity index (χ1) is 15.1. The van der Waals surface area contributed by atoms with Gasteiger partial charge < -0.3 is 14.6 Å². The summed E-state index contributed by atoms with van der Waals surface area (Å²) in [6, 6.07) is 17.4. The van der Waals surface area contributed by atoms with Crippen molar-refractivity contribution in [1.82, 2.24) is 9.88 Å². The van der Waals surface area contributed by atoms with Crippen molar-refractivity contribution in [3.8, 4) is 11.3 Å². The van der Waals surface area contributed by atoms with E-state index in [1.54, 1.807) is 7.11 Å². The Morgan fingerprint density at radius 1 is 1.16 bits per heavy atom. The number of fused-ring (bicyclic) bond motifs is 3. The van der Waals surface area contributed by atoms with Crippen molar-refractivity contribution in [3.05, 3.63) is 83.3 Å². The molecule has 2 aromatic carbocycles. The van der Waals surface area contributed by atoms with E-state index >= 15 is 0 Å². The van der Waals surface area contributed by atoms with Crippen molar-refractivity contribution < 1.29 is 13.9 Å². The van der Waals surface area contributed by atoms with Crippen molar-refractivity contribution >= 4 is 5.91 Å². The van der Waals surface area contributed by atoms with E-state index in [-0.39, 0.29) is 17.8 Å². The first kappa shape index (κ1) is 20.0. The van der Waals surface area contributed by atoms with Crippen molar-refractivity contribution in [1.29, 1.82) is 0 Å². The molecule has 0 bridgehead atoms. The SMILES string of the molecule is COCC1CCCN1C(=O)CCC1(c2ccc(F)cc2)c2ccccc2-c2[nH]ccc21. The van der Waals surface area contributed by atoms with Crippen LogP contribution in [0.1, 0.15) is 42.4 Å². The molecule has 1 fully saturated rings. The average molecular weight is 419 g/mol. The lowest BCUT2D eigenvalue weighted by Crippen LogP contribution is -2.39. The second kappa shape index (κ2) is 7.97. The van der Waals surface area contributed by atoms with Crippen LogP contribution in [0.4, 0.5) is 4.39 Å². The minimum absolute atomic E-state index is 0.165. The van der Waals surface area contributed by atoms with Gasteiger partial charge in [0, 0.05) is 37.3 Å². The summed E-state index contributed by atoms with van der Waals surface area (Å²) < 4.78 is 19.1. The fourth-order valence-electron chi connectivity index (χ4n) is 5.59. The quantitative estimate of drug-likeness (QED) is 0.620. The number of H-pyrrole nitrogens is 1. The number of aromatic amines is 1. The van der Waals surface area contributed by atoms with Gasteiger partial charge in [0.15, 0.2) is 0 Å². The minimum Gasteiger partial charge on any atom is -0.383 e. The summed E-state index contributed by atoms with van der Waals surface area (Å²) in [7, 11) is 1.69. The molecule has 1 amide bonds. The molecule has 0 saturated carbocycles. The van der Waals surface area contributed by atoms with Crippen molar-refractivity contribution in [2.45, 2.75) is 37.1 Å². The van der Waals surface area contributed by atoms with Crippen molar-refractivity contribution in [3.63, 3.8) is 0 Å².